The second kappa shape index (κ2) is 10.7. The van der Waals surface area contributed by atoms with Crippen molar-refractivity contribution >= 4 is 34.8 Å². The van der Waals surface area contributed by atoms with Crippen molar-refractivity contribution in [2.24, 2.45) is 0 Å². The van der Waals surface area contributed by atoms with Crippen LogP contribution in [0.5, 0.6) is 0 Å². The molecule has 7 nitrogen and oxygen atoms in total. The van der Waals surface area contributed by atoms with Gasteiger partial charge in [0.15, 0.2) is 0 Å². The van der Waals surface area contributed by atoms with Crippen molar-refractivity contribution in [1.29, 1.82) is 0 Å². The van der Waals surface area contributed by atoms with Gasteiger partial charge in [-0.3, -0.25) is 14.5 Å². The van der Waals surface area contributed by atoms with Crippen LogP contribution in [-0.4, -0.2) is 49.4 Å². The maximum absolute atomic E-state index is 13.3. The minimum Gasteiger partial charge on any atom is -0.468 e. The first-order chi connectivity index (χ1) is 16.4. The largest absolute Gasteiger partial charge is 0.468 e. The van der Waals surface area contributed by atoms with Crippen molar-refractivity contribution in [3.63, 3.8) is 0 Å². The van der Waals surface area contributed by atoms with Crippen molar-refractivity contribution < 1.29 is 22.8 Å². The fourth-order valence-corrected chi connectivity index (χ4v) is 4.05. The van der Waals surface area contributed by atoms with Crippen LogP contribution in [0, 0.1) is 11.6 Å². The summed E-state index contributed by atoms with van der Waals surface area (Å²) in [5.41, 5.74) is 1.16. The third kappa shape index (κ3) is 5.73. The van der Waals surface area contributed by atoms with Crippen LogP contribution in [0.25, 0.3) is 0 Å². The van der Waals surface area contributed by atoms with Crippen molar-refractivity contribution in [3.8, 4) is 0 Å². The van der Waals surface area contributed by atoms with Gasteiger partial charge in [0, 0.05) is 44.1 Å². The van der Waals surface area contributed by atoms with E-state index in [1.54, 1.807) is 24.5 Å². The molecule has 34 heavy (non-hydrogen) atoms. The number of furan rings is 1. The molecule has 0 spiro atoms. The molecule has 1 aliphatic rings. The topological polar surface area (TPSA) is 77.8 Å². The zero-order valence-electron chi connectivity index (χ0n) is 18.1. The molecule has 1 fully saturated rings. The van der Waals surface area contributed by atoms with Crippen LogP contribution < -0.4 is 15.5 Å². The molecular weight excluding hydrogens is 466 g/mol. The highest BCUT2D eigenvalue weighted by molar-refractivity contribution is 6.39. The van der Waals surface area contributed by atoms with E-state index in [9.17, 15) is 18.4 Å². The van der Waals surface area contributed by atoms with E-state index in [1.807, 2.05) is 6.07 Å². The molecule has 2 heterocycles. The molecular formula is C24H23ClF2N4O3. The number of piperazine rings is 1. The minimum absolute atomic E-state index is 0.153. The summed E-state index contributed by atoms with van der Waals surface area (Å²) < 4.78 is 32.1. The summed E-state index contributed by atoms with van der Waals surface area (Å²) in [4.78, 5) is 29.0. The van der Waals surface area contributed by atoms with Gasteiger partial charge in [0.25, 0.3) is 0 Å². The Labute approximate surface area is 200 Å². The Kier molecular flexibility index (Phi) is 7.44. The number of hydrogen-bond donors (Lipinski definition) is 2. The summed E-state index contributed by atoms with van der Waals surface area (Å²) in [6, 6.07) is 13.4. The van der Waals surface area contributed by atoms with E-state index in [0.717, 1.165) is 11.8 Å². The molecule has 1 aliphatic heterocycles. The fourth-order valence-electron chi connectivity index (χ4n) is 3.87. The third-order valence-electron chi connectivity index (χ3n) is 5.66. The molecule has 2 amide bonds. The predicted octanol–water partition coefficient (Wildman–Crippen LogP) is 3.83. The van der Waals surface area contributed by atoms with Crippen LogP contribution in [0.4, 0.5) is 20.2 Å². The molecule has 0 saturated carbocycles. The number of rotatable bonds is 6. The third-order valence-corrected chi connectivity index (χ3v) is 5.95. The maximum Gasteiger partial charge on any atom is 0.313 e. The van der Waals surface area contributed by atoms with E-state index < -0.39 is 17.6 Å². The van der Waals surface area contributed by atoms with Gasteiger partial charge >= 0.3 is 11.8 Å². The highest BCUT2D eigenvalue weighted by Crippen LogP contribution is 2.25. The Bertz CT molecular complexity index is 1130. The molecule has 2 N–H and O–H groups in total. The number of hydrogen-bond acceptors (Lipinski definition) is 5. The van der Waals surface area contributed by atoms with Crippen LogP contribution >= 0.6 is 11.6 Å². The van der Waals surface area contributed by atoms with E-state index in [2.05, 4.69) is 20.4 Å². The van der Waals surface area contributed by atoms with Crippen molar-refractivity contribution in [3.05, 3.63) is 83.3 Å². The first-order valence-corrected chi connectivity index (χ1v) is 11.1. The predicted molar refractivity (Wildman–Crippen MR) is 125 cm³/mol. The first-order valence-electron chi connectivity index (χ1n) is 10.7. The first kappa shape index (κ1) is 23.7. The van der Waals surface area contributed by atoms with E-state index >= 15 is 0 Å². The van der Waals surface area contributed by atoms with Crippen molar-refractivity contribution in [1.82, 2.24) is 10.2 Å². The van der Waals surface area contributed by atoms with Crippen molar-refractivity contribution in [2.75, 3.05) is 42.9 Å². The number of nitrogens with one attached hydrogen (secondary N) is 2. The Hall–Kier alpha value is -3.43. The van der Waals surface area contributed by atoms with E-state index in [-0.39, 0.29) is 29.1 Å². The monoisotopic (exact) mass is 488 g/mol. The summed E-state index contributed by atoms with van der Waals surface area (Å²) in [5.74, 6) is -1.95. The van der Waals surface area contributed by atoms with Crippen LogP contribution in [0.2, 0.25) is 5.02 Å². The molecule has 1 atom stereocenters. The SMILES string of the molecule is O=C(NCC(c1ccco1)N1CCN(c2ccc(F)cc2)CC1)C(=O)Nc1ccc(F)c(Cl)c1. The highest BCUT2D eigenvalue weighted by atomic mass is 35.5. The number of carbonyl (C=O) groups is 2. The van der Waals surface area contributed by atoms with Gasteiger partial charge in [-0.15, -0.1) is 0 Å². The Morgan fingerprint density at radius 1 is 1.00 bits per heavy atom. The van der Waals surface area contributed by atoms with Gasteiger partial charge < -0.3 is 20.0 Å². The number of anilines is 2. The minimum atomic E-state index is -0.887. The molecule has 0 bridgehead atoms. The quantitative estimate of drug-likeness (QED) is 0.516. The van der Waals surface area contributed by atoms with Gasteiger partial charge in [0.1, 0.15) is 17.4 Å². The molecule has 3 aromatic rings. The zero-order chi connectivity index (χ0) is 24.1. The molecule has 0 aliphatic carbocycles. The molecule has 2 aromatic carbocycles. The molecule has 0 radical (unpaired) electrons. The van der Waals surface area contributed by atoms with Crippen molar-refractivity contribution in [2.45, 2.75) is 6.04 Å². The second-order valence-corrected chi connectivity index (χ2v) is 8.23. The Morgan fingerprint density at radius 3 is 2.38 bits per heavy atom. The Balaban J connectivity index is 1.35. The number of benzene rings is 2. The van der Waals surface area contributed by atoms with E-state index in [1.165, 1.54) is 24.3 Å². The fraction of sp³-hybridized carbons (Fsp3) is 0.250. The normalized spacial score (nSPS) is 15.1. The number of amides is 2. The molecule has 4 rings (SSSR count). The number of nitrogens with zero attached hydrogens (tertiary/aromatic N) is 2. The van der Waals surface area contributed by atoms with E-state index in [4.69, 9.17) is 16.0 Å². The number of carbonyl (C=O) groups excluding carboxylic acids is 2. The zero-order valence-corrected chi connectivity index (χ0v) is 18.9. The summed E-state index contributed by atoms with van der Waals surface area (Å²) in [6.07, 6.45) is 1.56. The van der Waals surface area contributed by atoms with Gasteiger partial charge in [0.2, 0.25) is 0 Å². The Morgan fingerprint density at radius 2 is 1.74 bits per heavy atom. The lowest BCUT2D eigenvalue weighted by molar-refractivity contribution is -0.136. The lowest BCUT2D eigenvalue weighted by atomic mass is 10.1. The molecule has 1 aromatic heterocycles. The second-order valence-electron chi connectivity index (χ2n) is 7.82. The van der Waals surface area contributed by atoms with Gasteiger partial charge in [-0.25, -0.2) is 8.78 Å². The van der Waals surface area contributed by atoms with Crippen LogP contribution in [0.15, 0.2) is 65.3 Å². The summed E-state index contributed by atoms with van der Waals surface area (Å²) in [6.45, 7) is 2.93. The van der Waals surface area contributed by atoms with Gasteiger partial charge in [-0.1, -0.05) is 11.6 Å². The molecule has 1 saturated heterocycles. The van der Waals surface area contributed by atoms with Crippen LogP contribution in [0.1, 0.15) is 11.8 Å². The molecule has 178 valence electrons. The van der Waals surface area contributed by atoms with Crippen LogP contribution in [0.3, 0.4) is 0 Å². The van der Waals surface area contributed by atoms with Crippen LogP contribution in [-0.2, 0) is 9.59 Å². The summed E-state index contributed by atoms with van der Waals surface area (Å²) >= 11 is 5.72. The van der Waals surface area contributed by atoms with E-state index in [0.29, 0.717) is 31.9 Å². The standard InChI is InChI=1S/C24H23ClF2N4O3/c25-19-14-17(5-8-20(19)27)29-24(33)23(32)28-15-21(22-2-1-13-34-22)31-11-9-30(10-12-31)18-6-3-16(26)4-7-18/h1-8,13-14,21H,9-12,15H2,(H,28,32)(H,29,33). The lowest BCUT2D eigenvalue weighted by Crippen LogP contribution is -2.50. The lowest BCUT2D eigenvalue weighted by Gasteiger charge is -2.39. The molecule has 10 heteroatoms. The molecule has 1 unspecified atom stereocenters. The average molecular weight is 489 g/mol. The number of halogens is 3. The smallest absolute Gasteiger partial charge is 0.313 e. The summed E-state index contributed by atoms with van der Waals surface area (Å²) in [5, 5.41) is 4.90. The summed E-state index contributed by atoms with van der Waals surface area (Å²) in [7, 11) is 0. The van der Waals surface area contributed by atoms with Gasteiger partial charge in [0.05, 0.1) is 17.3 Å². The van der Waals surface area contributed by atoms with Gasteiger partial charge in [-0.05, 0) is 54.6 Å². The van der Waals surface area contributed by atoms with Gasteiger partial charge in [-0.2, -0.15) is 0 Å². The highest BCUT2D eigenvalue weighted by Gasteiger charge is 2.28. The average Bonchev–Trinajstić information content (AvgIpc) is 3.37. The maximum atomic E-state index is 13.3.